The summed E-state index contributed by atoms with van der Waals surface area (Å²) >= 11 is 5.82. The van der Waals surface area contributed by atoms with Crippen LogP contribution in [-0.2, 0) is 14.8 Å². The number of nitrogens with one attached hydrogen (secondary N) is 2. The molecule has 1 rings (SSSR count). The second-order valence-corrected chi connectivity index (χ2v) is 5.23. The van der Waals surface area contributed by atoms with Crippen molar-refractivity contribution in [1.82, 2.24) is 5.32 Å². The fraction of sp³-hybridized carbons (Fsp3) is 0.222. The first-order valence-corrected chi connectivity index (χ1v) is 6.54. The molecule has 0 saturated heterocycles. The Morgan fingerprint density at radius 3 is 2.65 bits per heavy atom. The molecule has 0 bridgehead atoms. The quantitative estimate of drug-likeness (QED) is 0.729. The van der Waals surface area contributed by atoms with Gasteiger partial charge in [-0.25, -0.2) is 13.6 Å². The lowest BCUT2D eigenvalue weighted by molar-refractivity contribution is -0.115. The number of amides is 1. The molecular formula is C9H12ClN3O3S. The summed E-state index contributed by atoms with van der Waals surface area (Å²) in [6.45, 7) is 0.0932. The van der Waals surface area contributed by atoms with Gasteiger partial charge in [-0.1, -0.05) is 11.6 Å². The molecule has 0 heterocycles. The number of nitrogens with two attached hydrogens (primary N) is 1. The molecule has 0 fully saturated rings. The monoisotopic (exact) mass is 277 g/mol. The molecule has 0 aliphatic carbocycles. The average molecular weight is 278 g/mol. The Morgan fingerprint density at radius 2 is 2.12 bits per heavy atom. The number of carbonyl (C=O) groups excluding carboxylic acids is 1. The van der Waals surface area contributed by atoms with Crippen LogP contribution in [0.25, 0.3) is 0 Å². The number of hydrogen-bond acceptors (Lipinski definition) is 4. The van der Waals surface area contributed by atoms with E-state index in [4.69, 9.17) is 16.7 Å². The SMILES string of the molecule is CNCC(=O)Nc1cc(S(N)(=O)=O)ccc1Cl. The van der Waals surface area contributed by atoms with Crippen LogP contribution in [0.4, 0.5) is 5.69 Å². The summed E-state index contributed by atoms with van der Waals surface area (Å²) in [5, 5.41) is 10.3. The van der Waals surface area contributed by atoms with Gasteiger partial charge in [0.05, 0.1) is 22.2 Å². The fourth-order valence-corrected chi connectivity index (χ4v) is 1.84. The minimum atomic E-state index is -3.82. The molecule has 0 aromatic heterocycles. The number of primary sulfonamides is 1. The van der Waals surface area contributed by atoms with Gasteiger partial charge in [0.2, 0.25) is 15.9 Å². The second kappa shape index (κ2) is 5.46. The van der Waals surface area contributed by atoms with Gasteiger partial charge in [0.25, 0.3) is 0 Å². The Balaban J connectivity index is 3.03. The van der Waals surface area contributed by atoms with Crippen molar-refractivity contribution in [2.75, 3.05) is 18.9 Å². The number of carbonyl (C=O) groups is 1. The zero-order valence-corrected chi connectivity index (χ0v) is 10.6. The van der Waals surface area contributed by atoms with Gasteiger partial charge in [-0.2, -0.15) is 0 Å². The third-order valence-corrected chi connectivity index (χ3v) is 3.12. The lowest BCUT2D eigenvalue weighted by Gasteiger charge is -2.08. The van der Waals surface area contributed by atoms with E-state index in [9.17, 15) is 13.2 Å². The second-order valence-electron chi connectivity index (χ2n) is 3.27. The maximum atomic E-state index is 11.3. The van der Waals surface area contributed by atoms with E-state index in [2.05, 4.69) is 10.6 Å². The molecule has 1 amide bonds. The number of benzene rings is 1. The van der Waals surface area contributed by atoms with Crippen molar-refractivity contribution in [3.63, 3.8) is 0 Å². The normalized spacial score (nSPS) is 11.2. The van der Waals surface area contributed by atoms with Crippen molar-refractivity contribution >= 4 is 33.2 Å². The third kappa shape index (κ3) is 3.97. The van der Waals surface area contributed by atoms with E-state index in [1.807, 2.05) is 0 Å². The van der Waals surface area contributed by atoms with Crippen LogP contribution in [0.15, 0.2) is 23.1 Å². The Kier molecular flexibility index (Phi) is 4.47. The number of sulfonamides is 1. The van der Waals surface area contributed by atoms with Gasteiger partial charge in [-0.3, -0.25) is 4.79 Å². The molecule has 6 nitrogen and oxygen atoms in total. The van der Waals surface area contributed by atoms with E-state index in [1.165, 1.54) is 18.2 Å². The molecule has 1 aromatic carbocycles. The van der Waals surface area contributed by atoms with Gasteiger partial charge in [0.15, 0.2) is 0 Å². The van der Waals surface area contributed by atoms with Crippen LogP contribution >= 0.6 is 11.6 Å². The summed E-state index contributed by atoms with van der Waals surface area (Å²) in [4.78, 5) is 11.2. The lowest BCUT2D eigenvalue weighted by atomic mass is 10.3. The fourth-order valence-electron chi connectivity index (χ4n) is 1.13. The summed E-state index contributed by atoms with van der Waals surface area (Å²) in [6.07, 6.45) is 0. The first-order valence-electron chi connectivity index (χ1n) is 4.61. The maximum Gasteiger partial charge on any atom is 0.238 e. The Bertz CT molecular complexity index is 530. The minimum Gasteiger partial charge on any atom is -0.324 e. The highest BCUT2D eigenvalue weighted by Crippen LogP contribution is 2.24. The van der Waals surface area contributed by atoms with Gasteiger partial charge >= 0.3 is 0 Å². The van der Waals surface area contributed by atoms with E-state index >= 15 is 0 Å². The minimum absolute atomic E-state index is 0.0932. The molecule has 0 unspecified atom stereocenters. The van der Waals surface area contributed by atoms with E-state index in [1.54, 1.807) is 7.05 Å². The van der Waals surface area contributed by atoms with E-state index in [-0.39, 0.29) is 28.1 Å². The number of likely N-dealkylation sites (N-methyl/N-ethyl adjacent to an activating group) is 1. The van der Waals surface area contributed by atoms with Crippen LogP contribution in [0.2, 0.25) is 5.02 Å². The van der Waals surface area contributed by atoms with Crippen molar-refractivity contribution < 1.29 is 13.2 Å². The highest BCUT2D eigenvalue weighted by molar-refractivity contribution is 7.89. The molecule has 8 heteroatoms. The Hall–Kier alpha value is -1.15. The van der Waals surface area contributed by atoms with Crippen molar-refractivity contribution in [1.29, 1.82) is 0 Å². The highest BCUT2D eigenvalue weighted by atomic mass is 35.5. The average Bonchev–Trinajstić information content (AvgIpc) is 2.20. The molecule has 0 aliphatic rings. The Labute approximate surface area is 104 Å². The number of halogens is 1. The first kappa shape index (κ1) is 13.9. The summed E-state index contributed by atoms with van der Waals surface area (Å²) in [5.74, 6) is -0.332. The largest absolute Gasteiger partial charge is 0.324 e. The van der Waals surface area contributed by atoms with Crippen LogP contribution in [-0.4, -0.2) is 27.9 Å². The zero-order valence-electron chi connectivity index (χ0n) is 9.03. The summed E-state index contributed by atoms with van der Waals surface area (Å²) < 4.78 is 22.2. The molecule has 0 radical (unpaired) electrons. The van der Waals surface area contributed by atoms with Gasteiger partial charge < -0.3 is 10.6 Å². The zero-order chi connectivity index (χ0) is 13.1. The number of hydrogen-bond donors (Lipinski definition) is 3. The van der Waals surface area contributed by atoms with Gasteiger partial charge in [0, 0.05) is 0 Å². The van der Waals surface area contributed by atoms with Gasteiger partial charge in [-0.05, 0) is 25.2 Å². The molecule has 0 saturated carbocycles. The Morgan fingerprint density at radius 1 is 1.47 bits per heavy atom. The van der Waals surface area contributed by atoms with Crippen LogP contribution in [0, 0.1) is 0 Å². The summed E-state index contributed by atoms with van der Waals surface area (Å²) in [5.41, 5.74) is 0.207. The maximum absolute atomic E-state index is 11.3. The van der Waals surface area contributed by atoms with Gasteiger partial charge in [-0.15, -0.1) is 0 Å². The van der Waals surface area contributed by atoms with Crippen LogP contribution in [0.5, 0.6) is 0 Å². The molecule has 17 heavy (non-hydrogen) atoms. The standard InChI is InChI=1S/C9H12ClN3O3S/c1-12-5-9(14)13-8-4-6(17(11,15)16)2-3-7(8)10/h2-4,12H,5H2,1H3,(H,13,14)(H2,11,15,16). The van der Waals surface area contributed by atoms with E-state index < -0.39 is 10.0 Å². The topological polar surface area (TPSA) is 101 Å². The smallest absolute Gasteiger partial charge is 0.238 e. The molecule has 0 atom stereocenters. The summed E-state index contributed by atoms with van der Waals surface area (Å²) in [7, 11) is -2.20. The van der Waals surface area contributed by atoms with E-state index in [0.29, 0.717) is 0 Å². The van der Waals surface area contributed by atoms with Gasteiger partial charge in [0.1, 0.15) is 0 Å². The number of rotatable bonds is 4. The molecule has 4 N–H and O–H groups in total. The molecule has 0 spiro atoms. The van der Waals surface area contributed by atoms with Crippen LogP contribution < -0.4 is 15.8 Å². The lowest BCUT2D eigenvalue weighted by Crippen LogP contribution is -2.25. The van der Waals surface area contributed by atoms with Crippen LogP contribution in [0.1, 0.15) is 0 Å². The van der Waals surface area contributed by atoms with Crippen LogP contribution in [0.3, 0.4) is 0 Å². The van der Waals surface area contributed by atoms with Crippen molar-refractivity contribution in [2.45, 2.75) is 4.90 Å². The molecular weight excluding hydrogens is 266 g/mol. The van der Waals surface area contributed by atoms with Crippen molar-refractivity contribution in [3.05, 3.63) is 23.2 Å². The van der Waals surface area contributed by atoms with E-state index in [0.717, 1.165) is 0 Å². The number of anilines is 1. The van der Waals surface area contributed by atoms with Crippen molar-refractivity contribution in [2.24, 2.45) is 5.14 Å². The first-order chi connectivity index (χ1) is 7.84. The predicted molar refractivity (Wildman–Crippen MR) is 65.4 cm³/mol. The van der Waals surface area contributed by atoms with Crippen molar-refractivity contribution in [3.8, 4) is 0 Å². The summed E-state index contributed by atoms with van der Waals surface area (Å²) in [6, 6.07) is 3.84. The molecule has 94 valence electrons. The molecule has 1 aromatic rings. The molecule has 0 aliphatic heterocycles. The highest BCUT2D eigenvalue weighted by Gasteiger charge is 2.12. The third-order valence-electron chi connectivity index (χ3n) is 1.88. The predicted octanol–water partition coefficient (Wildman–Crippen LogP) is 0.145.